The van der Waals surface area contributed by atoms with E-state index in [1.54, 1.807) is 17.0 Å². The lowest BCUT2D eigenvalue weighted by Crippen LogP contribution is -2.44. The van der Waals surface area contributed by atoms with E-state index in [1.807, 2.05) is 0 Å². The van der Waals surface area contributed by atoms with Crippen LogP contribution in [0.4, 0.5) is 0 Å². The van der Waals surface area contributed by atoms with E-state index in [1.165, 1.54) is 17.5 Å². The topological polar surface area (TPSA) is 83.8 Å². The van der Waals surface area contributed by atoms with Crippen molar-refractivity contribution in [3.8, 4) is 0 Å². The van der Waals surface area contributed by atoms with Gasteiger partial charge in [0.2, 0.25) is 11.8 Å². The Balaban J connectivity index is 1.92. The van der Waals surface area contributed by atoms with Crippen LogP contribution >= 0.6 is 11.6 Å². The second-order valence-electron chi connectivity index (χ2n) is 5.39. The maximum absolute atomic E-state index is 12.6. The van der Waals surface area contributed by atoms with Gasteiger partial charge in [-0.3, -0.25) is 18.8 Å². The quantitative estimate of drug-likeness (QED) is 0.860. The standard InChI is InChI=1S/C15H15ClN4O3/c1-9(21)17-6-14(22)19-5-4-12-11(8-19)15(23)20-7-10(16)2-3-13(20)18-12/h2-3,7H,4-6,8H2,1H3,(H,17,21). The minimum atomic E-state index is -0.266. The van der Waals surface area contributed by atoms with Gasteiger partial charge in [0.05, 0.1) is 29.4 Å². The van der Waals surface area contributed by atoms with E-state index in [0.29, 0.717) is 34.9 Å². The lowest BCUT2D eigenvalue weighted by atomic mass is 10.1. The number of nitrogens with one attached hydrogen (secondary N) is 1. The van der Waals surface area contributed by atoms with Crippen LogP contribution in [0.15, 0.2) is 23.1 Å². The summed E-state index contributed by atoms with van der Waals surface area (Å²) in [5.74, 6) is -0.487. The maximum Gasteiger partial charge on any atom is 0.263 e. The van der Waals surface area contributed by atoms with Crippen molar-refractivity contribution in [3.05, 3.63) is 45.0 Å². The molecule has 120 valence electrons. The van der Waals surface area contributed by atoms with Gasteiger partial charge in [0.1, 0.15) is 5.65 Å². The second-order valence-corrected chi connectivity index (χ2v) is 5.83. The van der Waals surface area contributed by atoms with Crippen LogP contribution in [0, 0.1) is 0 Å². The average molecular weight is 335 g/mol. The van der Waals surface area contributed by atoms with Gasteiger partial charge in [-0.1, -0.05) is 11.6 Å². The summed E-state index contributed by atoms with van der Waals surface area (Å²) in [6.45, 7) is 1.94. The molecule has 0 bridgehead atoms. The first-order chi connectivity index (χ1) is 11.0. The summed E-state index contributed by atoms with van der Waals surface area (Å²) in [6, 6.07) is 3.38. The summed E-state index contributed by atoms with van der Waals surface area (Å²) < 4.78 is 1.39. The van der Waals surface area contributed by atoms with E-state index >= 15 is 0 Å². The summed E-state index contributed by atoms with van der Waals surface area (Å²) in [5.41, 5.74) is 1.52. The van der Waals surface area contributed by atoms with Gasteiger partial charge in [-0.25, -0.2) is 4.98 Å². The molecule has 2 aromatic rings. The van der Waals surface area contributed by atoms with E-state index in [2.05, 4.69) is 10.3 Å². The second kappa shape index (κ2) is 6.00. The van der Waals surface area contributed by atoms with Crippen molar-refractivity contribution in [3.63, 3.8) is 0 Å². The fraction of sp³-hybridized carbons (Fsp3) is 0.333. The van der Waals surface area contributed by atoms with E-state index in [4.69, 9.17) is 11.6 Å². The third-order valence-electron chi connectivity index (χ3n) is 3.77. The Hall–Kier alpha value is -2.41. The highest BCUT2D eigenvalue weighted by Crippen LogP contribution is 2.16. The number of rotatable bonds is 2. The summed E-state index contributed by atoms with van der Waals surface area (Å²) >= 11 is 5.93. The van der Waals surface area contributed by atoms with Crippen LogP contribution in [0.2, 0.25) is 5.02 Å². The van der Waals surface area contributed by atoms with Crippen LogP contribution in [0.25, 0.3) is 5.65 Å². The number of hydrogen-bond acceptors (Lipinski definition) is 4. The minimum absolute atomic E-state index is 0.0706. The number of nitrogens with zero attached hydrogens (tertiary/aromatic N) is 3. The molecule has 0 unspecified atom stereocenters. The molecule has 0 fully saturated rings. The molecular formula is C15H15ClN4O3. The van der Waals surface area contributed by atoms with Crippen LogP contribution in [-0.2, 0) is 22.6 Å². The molecule has 0 aromatic carbocycles. The van der Waals surface area contributed by atoms with Crippen molar-refractivity contribution in [2.24, 2.45) is 0 Å². The molecule has 3 heterocycles. The molecule has 8 heteroatoms. The summed E-state index contributed by atoms with van der Waals surface area (Å²) in [7, 11) is 0. The van der Waals surface area contributed by atoms with E-state index in [-0.39, 0.29) is 30.5 Å². The highest BCUT2D eigenvalue weighted by molar-refractivity contribution is 6.30. The summed E-state index contributed by atoms with van der Waals surface area (Å²) in [6.07, 6.45) is 2.03. The number of aromatic nitrogens is 2. The molecule has 3 rings (SSSR count). The summed E-state index contributed by atoms with van der Waals surface area (Å²) in [5, 5.41) is 2.91. The average Bonchev–Trinajstić information content (AvgIpc) is 2.53. The Morgan fingerprint density at radius 3 is 2.91 bits per heavy atom. The molecule has 23 heavy (non-hydrogen) atoms. The van der Waals surface area contributed by atoms with Gasteiger partial charge in [-0.05, 0) is 12.1 Å². The van der Waals surface area contributed by atoms with Gasteiger partial charge in [0, 0.05) is 26.1 Å². The molecule has 0 saturated heterocycles. The summed E-state index contributed by atoms with van der Waals surface area (Å²) in [4.78, 5) is 41.7. The molecule has 0 atom stereocenters. The molecule has 1 aliphatic rings. The molecule has 2 amide bonds. The van der Waals surface area contributed by atoms with Crippen LogP contribution in [0.1, 0.15) is 18.2 Å². The zero-order chi connectivity index (χ0) is 16.6. The molecule has 7 nitrogen and oxygen atoms in total. The monoisotopic (exact) mass is 334 g/mol. The smallest absolute Gasteiger partial charge is 0.263 e. The van der Waals surface area contributed by atoms with Gasteiger partial charge >= 0.3 is 0 Å². The van der Waals surface area contributed by atoms with Gasteiger partial charge in [-0.2, -0.15) is 0 Å². The first-order valence-corrected chi connectivity index (χ1v) is 7.55. The van der Waals surface area contributed by atoms with Crippen LogP contribution in [-0.4, -0.2) is 39.2 Å². The Bertz CT molecular complexity index is 862. The number of carbonyl (C=O) groups is 2. The van der Waals surface area contributed by atoms with Crippen LogP contribution in [0.3, 0.4) is 0 Å². The van der Waals surface area contributed by atoms with Crippen molar-refractivity contribution >= 4 is 29.1 Å². The van der Waals surface area contributed by atoms with Crippen molar-refractivity contribution in [1.82, 2.24) is 19.6 Å². The largest absolute Gasteiger partial charge is 0.347 e. The first-order valence-electron chi connectivity index (χ1n) is 7.17. The van der Waals surface area contributed by atoms with Crippen LogP contribution < -0.4 is 10.9 Å². The van der Waals surface area contributed by atoms with Crippen LogP contribution in [0.5, 0.6) is 0 Å². The van der Waals surface area contributed by atoms with Gasteiger partial charge in [0.15, 0.2) is 0 Å². The number of pyridine rings is 1. The number of hydrogen-bond donors (Lipinski definition) is 1. The third-order valence-corrected chi connectivity index (χ3v) is 4.00. The lowest BCUT2D eigenvalue weighted by Gasteiger charge is -2.28. The predicted octanol–water partition coefficient (Wildman–Crippen LogP) is 0.369. The first kappa shape index (κ1) is 15.5. The van der Waals surface area contributed by atoms with E-state index in [9.17, 15) is 14.4 Å². The molecule has 1 N–H and O–H groups in total. The number of halogens is 1. The van der Waals surface area contributed by atoms with Gasteiger partial charge in [0.25, 0.3) is 5.56 Å². The fourth-order valence-electron chi connectivity index (χ4n) is 2.60. The van der Waals surface area contributed by atoms with Gasteiger partial charge < -0.3 is 10.2 Å². The van der Waals surface area contributed by atoms with Crippen molar-refractivity contribution in [2.75, 3.05) is 13.1 Å². The van der Waals surface area contributed by atoms with Crippen molar-refractivity contribution < 1.29 is 9.59 Å². The van der Waals surface area contributed by atoms with Crippen molar-refractivity contribution in [1.29, 1.82) is 0 Å². The fourth-order valence-corrected chi connectivity index (χ4v) is 2.76. The maximum atomic E-state index is 12.6. The molecule has 0 aliphatic carbocycles. The predicted molar refractivity (Wildman–Crippen MR) is 84.3 cm³/mol. The minimum Gasteiger partial charge on any atom is -0.347 e. The highest BCUT2D eigenvalue weighted by atomic mass is 35.5. The number of fused-ring (bicyclic) bond motifs is 2. The number of amides is 2. The SMILES string of the molecule is CC(=O)NCC(=O)N1CCc2nc3ccc(Cl)cn3c(=O)c2C1. The zero-order valence-electron chi connectivity index (χ0n) is 12.5. The van der Waals surface area contributed by atoms with E-state index in [0.717, 1.165) is 0 Å². The Morgan fingerprint density at radius 2 is 2.17 bits per heavy atom. The zero-order valence-corrected chi connectivity index (χ0v) is 13.3. The molecular weight excluding hydrogens is 320 g/mol. The molecule has 0 radical (unpaired) electrons. The molecule has 2 aromatic heterocycles. The highest BCUT2D eigenvalue weighted by Gasteiger charge is 2.24. The molecule has 1 aliphatic heterocycles. The van der Waals surface area contributed by atoms with Crippen molar-refractivity contribution in [2.45, 2.75) is 19.9 Å². The molecule has 0 saturated carbocycles. The number of carbonyl (C=O) groups excluding carboxylic acids is 2. The van der Waals surface area contributed by atoms with E-state index < -0.39 is 0 Å². The Morgan fingerprint density at radius 1 is 1.39 bits per heavy atom. The Kier molecular flexibility index (Phi) is 4.04. The normalized spacial score (nSPS) is 13.7. The third kappa shape index (κ3) is 3.05. The molecule has 0 spiro atoms. The lowest BCUT2D eigenvalue weighted by molar-refractivity contribution is -0.133. The Labute approximate surface area is 136 Å². The van der Waals surface area contributed by atoms with Gasteiger partial charge in [-0.15, -0.1) is 0 Å².